The predicted molar refractivity (Wildman–Crippen MR) is 106 cm³/mol. The van der Waals surface area contributed by atoms with Gasteiger partial charge in [0.25, 0.3) is 0 Å². The fourth-order valence-electron chi connectivity index (χ4n) is 5.47. The van der Waals surface area contributed by atoms with Crippen LogP contribution >= 0.6 is 0 Å². The van der Waals surface area contributed by atoms with Crippen LogP contribution < -0.4 is 0 Å². The van der Waals surface area contributed by atoms with Crippen LogP contribution in [0.15, 0.2) is 0 Å². The molecule has 1 aliphatic rings. The van der Waals surface area contributed by atoms with Gasteiger partial charge in [-0.05, 0) is 0 Å². The van der Waals surface area contributed by atoms with Crippen molar-refractivity contribution in [1.82, 2.24) is 0 Å². The molecule has 0 radical (unpaired) electrons. The van der Waals surface area contributed by atoms with E-state index < -0.39 is 18.4 Å². The van der Waals surface area contributed by atoms with Gasteiger partial charge < -0.3 is 0 Å². The molecular formula is C21H42OSn. The zero-order chi connectivity index (χ0) is 17.1. The molecule has 23 heavy (non-hydrogen) atoms. The third-order valence-electron chi connectivity index (χ3n) is 6.56. The molecule has 0 bridgehead atoms. The molecule has 1 nitrogen and oxygen atoms in total. The molecular weight excluding hydrogens is 387 g/mol. The first-order valence-corrected chi connectivity index (χ1v) is 18.3. The Kier molecular flexibility index (Phi) is 11.2. The van der Waals surface area contributed by atoms with Crippen LogP contribution in [0.2, 0.25) is 17.2 Å². The maximum absolute atomic E-state index is 10.9. The van der Waals surface area contributed by atoms with Crippen molar-refractivity contribution in [2.75, 3.05) is 0 Å². The van der Waals surface area contributed by atoms with Crippen LogP contribution in [0.3, 0.4) is 0 Å². The van der Waals surface area contributed by atoms with Crippen molar-refractivity contribution in [1.29, 1.82) is 0 Å². The second-order valence-electron chi connectivity index (χ2n) is 8.26. The van der Waals surface area contributed by atoms with E-state index in [0.29, 0.717) is 0 Å². The van der Waals surface area contributed by atoms with E-state index in [9.17, 15) is 4.79 Å². The summed E-state index contributed by atoms with van der Waals surface area (Å²) >= 11 is -2.13. The summed E-state index contributed by atoms with van der Waals surface area (Å²) in [6, 6.07) is 0. The molecule has 0 aromatic rings. The van der Waals surface area contributed by atoms with Gasteiger partial charge in [-0.1, -0.05) is 0 Å². The summed E-state index contributed by atoms with van der Waals surface area (Å²) in [6.45, 7) is 9.68. The minimum absolute atomic E-state index is 0.811. The van der Waals surface area contributed by atoms with Crippen LogP contribution in [0.25, 0.3) is 0 Å². The van der Waals surface area contributed by atoms with Gasteiger partial charge in [-0.15, -0.1) is 0 Å². The zero-order valence-electron chi connectivity index (χ0n) is 16.4. The quantitative estimate of drug-likeness (QED) is 0.223. The Morgan fingerprint density at radius 3 is 1.87 bits per heavy atom. The van der Waals surface area contributed by atoms with E-state index in [1.165, 1.54) is 64.1 Å². The normalized spacial score (nSPS) is 25.0. The number of rotatable bonds is 13. The fraction of sp³-hybridized carbons (Fsp3) is 0.952. The van der Waals surface area contributed by atoms with Crippen molar-refractivity contribution >= 4 is 24.7 Å². The summed E-state index contributed by atoms with van der Waals surface area (Å²) in [4.78, 5) is 10.9. The first-order chi connectivity index (χ1) is 11.1. The van der Waals surface area contributed by atoms with Gasteiger partial charge in [-0.25, -0.2) is 0 Å². The van der Waals surface area contributed by atoms with Crippen molar-refractivity contribution in [3.8, 4) is 0 Å². The minimum atomic E-state index is -2.13. The van der Waals surface area contributed by atoms with Crippen LogP contribution in [0.5, 0.6) is 0 Å². The predicted octanol–water partition coefficient (Wildman–Crippen LogP) is 7.23. The third kappa shape index (κ3) is 6.36. The first kappa shape index (κ1) is 21.5. The molecule has 1 fully saturated rings. The molecule has 0 aromatic heterocycles. The second kappa shape index (κ2) is 11.9. The number of hydrogen-bond acceptors (Lipinski definition) is 1. The summed E-state index contributed by atoms with van der Waals surface area (Å²) in [7, 11) is 0. The molecule has 3 atom stereocenters. The van der Waals surface area contributed by atoms with E-state index in [2.05, 4.69) is 27.7 Å². The van der Waals surface area contributed by atoms with Crippen LogP contribution in [0.1, 0.15) is 91.9 Å². The summed E-state index contributed by atoms with van der Waals surface area (Å²) < 4.78 is 5.99. The number of unbranched alkanes of at least 4 members (excludes halogenated alkanes) is 3. The number of carbonyl (C=O) groups excluding carboxylic acids is 1. The topological polar surface area (TPSA) is 17.1 Å². The average Bonchev–Trinajstić information content (AvgIpc) is 2.94. The molecule has 2 heteroatoms. The van der Waals surface area contributed by atoms with E-state index in [1.54, 1.807) is 13.3 Å². The molecule has 0 spiro atoms. The van der Waals surface area contributed by atoms with Crippen molar-refractivity contribution in [2.45, 2.75) is 109 Å². The molecule has 0 N–H and O–H groups in total. The van der Waals surface area contributed by atoms with Crippen molar-refractivity contribution in [2.24, 2.45) is 11.8 Å². The molecule has 1 rings (SSSR count). The van der Waals surface area contributed by atoms with Gasteiger partial charge >= 0.3 is 150 Å². The van der Waals surface area contributed by atoms with Crippen molar-refractivity contribution in [3.05, 3.63) is 0 Å². The van der Waals surface area contributed by atoms with E-state index in [-0.39, 0.29) is 0 Å². The first-order valence-electron chi connectivity index (χ1n) is 10.6. The van der Waals surface area contributed by atoms with E-state index in [0.717, 1.165) is 22.2 Å². The summed E-state index contributed by atoms with van der Waals surface area (Å²) in [5, 5.41) is 0. The van der Waals surface area contributed by atoms with E-state index in [4.69, 9.17) is 0 Å². The Morgan fingerprint density at radius 2 is 1.43 bits per heavy atom. The Hall–Kier alpha value is 0.469. The Bertz CT molecular complexity index is 293. The zero-order valence-corrected chi connectivity index (χ0v) is 19.3. The Balaban J connectivity index is 3.01. The van der Waals surface area contributed by atoms with Gasteiger partial charge in [0.2, 0.25) is 0 Å². The molecule has 0 saturated heterocycles. The average molecular weight is 429 g/mol. The van der Waals surface area contributed by atoms with Crippen LogP contribution in [-0.4, -0.2) is 24.7 Å². The summed E-state index contributed by atoms with van der Waals surface area (Å²) in [6.07, 6.45) is 14.6. The van der Waals surface area contributed by atoms with Crippen LogP contribution in [0.4, 0.5) is 0 Å². The molecule has 1 aliphatic carbocycles. The van der Waals surface area contributed by atoms with Crippen molar-refractivity contribution in [3.63, 3.8) is 0 Å². The maximum atomic E-state index is 10.9. The van der Waals surface area contributed by atoms with Gasteiger partial charge in [0.15, 0.2) is 0 Å². The van der Waals surface area contributed by atoms with Gasteiger partial charge in [-0.3, -0.25) is 0 Å². The summed E-state index contributed by atoms with van der Waals surface area (Å²) in [5.74, 6) is 1.85. The second-order valence-corrected chi connectivity index (χ2v) is 22.2. The number of carbonyl (C=O) groups is 1. The molecule has 1 saturated carbocycles. The number of hydrogen-bond donors (Lipinski definition) is 0. The standard InChI is InChI=1S/C9H15O.3C4H9.Sn/c1-8-4-5-9(7-8)3-2-6-10;3*1-3-4-2;/h6-9H,2-5H2,1H3;3*1,3-4H2,2H3;. The van der Waals surface area contributed by atoms with Gasteiger partial charge in [0, 0.05) is 0 Å². The Labute approximate surface area is 150 Å². The van der Waals surface area contributed by atoms with Gasteiger partial charge in [-0.2, -0.15) is 0 Å². The monoisotopic (exact) mass is 430 g/mol. The van der Waals surface area contributed by atoms with Crippen LogP contribution in [0, 0.1) is 11.8 Å². The molecule has 0 heterocycles. The molecule has 0 aromatic carbocycles. The molecule has 3 unspecified atom stereocenters. The van der Waals surface area contributed by atoms with Crippen LogP contribution in [-0.2, 0) is 4.79 Å². The molecule has 136 valence electrons. The number of aldehydes is 1. The molecule has 0 aliphatic heterocycles. The van der Waals surface area contributed by atoms with E-state index in [1.807, 2.05) is 0 Å². The van der Waals surface area contributed by atoms with Gasteiger partial charge in [0.1, 0.15) is 0 Å². The third-order valence-corrected chi connectivity index (χ3v) is 25.1. The van der Waals surface area contributed by atoms with E-state index >= 15 is 0 Å². The SMILES string of the molecule is CCC[CH2][Sn]([CH2]CCC)([CH2]CCC)[CH]1C(C)CCC1CCC=O. The van der Waals surface area contributed by atoms with Crippen molar-refractivity contribution < 1.29 is 4.79 Å². The fourth-order valence-corrected chi connectivity index (χ4v) is 27.2. The van der Waals surface area contributed by atoms with Gasteiger partial charge in [0.05, 0.1) is 0 Å². The molecule has 0 amide bonds. The summed E-state index contributed by atoms with van der Waals surface area (Å²) in [5.41, 5.74) is 0. The Morgan fingerprint density at radius 1 is 0.913 bits per heavy atom.